The first-order valence-electron chi connectivity index (χ1n) is 6.64. The van der Waals surface area contributed by atoms with E-state index in [1.54, 1.807) is 12.1 Å². The molecule has 0 aromatic heterocycles. The van der Waals surface area contributed by atoms with E-state index in [9.17, 15) is 8.42 Å². The molecule has 0 bridgehead atoms. The molecular formula is C17H17NO2S. The minimum absolute atomic E-state index is 0.521. The van der Waals surface area contributed by atoms with E-state index < -0.39 is 10.0 Å². The SMILES string of the molecule is CS(=O)(=O)Nc1ccccc1C#CCCc1ccccc1. The summed E-state index contributed by atoms with van der Waals surface area (Å²) in [6.07, 6.45) is 2.75. The second kappa shape index (κ2) is 6.96. The Morgan fingerprint density at radius 2 is 1.67 bits per heavy atom. The molecule has 0 unspecified atom stereocenters. The molecule has 0 saturated heterocycles. The van der Waals surface area contributed by atoms with E-state index in [-0.39, 0.29) is 0 Å². The fraction of sp³-hybridized carbons (Fsp3) is 0.176. The Labute approximate surface area is 126 Å². The summed E-state index contributed by atoms with van der Waals surface area (Å²) < 4.78 is 25.1. The third-order valence-corrected chi connectivity index (χ3v) is 3.42. The summed E-state index contributed by atoms with van der Waals surface area (Å²) in [6.45, 7) is 0. The number of hydrogen-bond donors (Lipinski definition) is 1. The largest absolute Gasteiger partial charge is 0.283 e. The van der Waals surface area contributed by atoms with Gasteiger partial charge in [-0.15, -0.1) is 0 Å². The number of rotatable bonds is 4. The van der Waals surface area contributed by atoms with E-state index in [0.29, 0.717) is 11.3 Å². The number of para-hydroxylation sites is 1. The van der Waals surface area contributed by atoms with Gasteiger partial charge in [0.25, 0.3) is 0 Å². The van der Waals surface area contributed by atoms with Gasteiger partial charge in [-0.05, 0) is 24.1 Å². The van der Waals surface area contributed by atoms with Crippen molar-refractivity contribution in [3.63, 3.8) is 0 Å². The molecule has 1 N–H and O–H groups in total. The van der Waals surface area contributed by atoms with E-state index >= 15 is 0 Å². The second-order valence-corrected chi connectivity index (χ2v) is 6.46. The predicted octanol–water partition coefficient (Wildman–Crippen LogP) is 3.04. The fourth-order valence-electron chi connectivity index (χ4n) is 1.89. The van der Waals surface area contributed by atoms with Gasteiger partial charge in [0.2, 0.25) is 10.0 Å². The second-order valence-electron chi connectivity index (χ2n) is 4.71. The Balaban J connectivity index is 2.05. The molecule has 0 fully saturated rings. The normalized spacial score (nSPS) is 10.5. The summed E-state index contributed by atoms with van der Waals surface area (Å²) in [5.41, 5.74) is 2.46. The van der Waals surface area contributed by atoms with Crippen LogP contribution in [0.4, 0.5) is 5.69 Å². The smallest absolute Gasteiger partial charge is 0.229 e. The van der Waals surface area contributed by atoms with Gasteiger partial charge in [0, 0.05) is 12.0 Å². The van der Waals surface area contributed by atoms with Crippen LogP contribution in [0.2, 0.25) is 0 Å². The van der Waals surface area contributed by atoms with Crippen LogP contribution >= 0.6 is 0 Å². The molecule has 0 radical (unpaired) electrons. The van der Waals surface area contributed by atoms with Crippen LogP contribution in [0.3, 0.4) is 0 Å². The van der Waals surface area contributed by atoms with E-state index in [1.807, 2.05) is 30.3 Å². The number of anilines is 1. The third kappa shape index (κ3) is 5.33. The summed E-state index contributed by atoms with van der Waals surface area (Å²) in [4.78, 5) is 0. The topological polar surface area (TPSA) is 46.2 Å². The van der Waals surface area contributed by atoms with Crippen LogP contribution < -0.4 is 4.72 Å². The van der Waals surface area contributed by atoms with Crippen molar-refractivity contribution in [3.05, 3.63) is 65.7 Å². The van der Waals surface area contributed by atoms with Gasteiger partial charge >= 0.3 is 0 Å². The monoisotopic (exact) mass is 299 g/mol. The van der Waals surface area contributed by atoms with Crippen LogP contribution in [-0.4, -0.2) is 14.7 Å². The van der Waals surface area contributed by atoms with Crippen molar-refractivity contribution in [2.75, 3.05) is 11.0 Å². The lowest BCUT2D eigenvalue weighted by atomic mass is 10.1. The number of nitrogens with one attached hydrogen (secondary N) is 1. The average Bonchev–Trinajstić information content (AvgIpc) is 2.45. The molecule has 2 rings (SSSR count). The van der Waals surface area contributed by atoms with E-state index in [4.69, 9.17) is 0 Å². The van der Waals surface area contributed by atoms with Gasteiger partial charge in [0.15, 0.2) is 0 Å². The zero-order valence-corrected chi connectivity index (χ0v) is 12.7. The maximum atomic E-state index is 11.3. The highest BCUT2D eigenvalue weighted by molar-refractivity contribution is 7.92. The first-order chi connectivity index (χ1) is 10.0. The molecule has 2 aromatic carbocycles. The summed E-state index contributed by atoms with van der Waals surface area (Å²) >= 11 is 0. The maximum Gasteiger partial charge on any atom is 0.229 e. The van der Waals surface area contributed by atoms with Crippen molar-refractivity contribution in [3.8, 4) is 11.8 Å². The molecule has 0 atom stereocenters. The highest BCUT2D eigenvalue weighted by Crippen LogP contribution is 2.15. The lowest BCUT2D eigenvalue weighted by Gasteiger charge is -2.05. The minimum Gasteiger partial charge on any atom is -0.283 e. The summed E-state index contributed by atoms with van der Waals surface area (Å²) in [5, 5.41) is 0. The Morgan fingerprint density at radius 3 is 2.38 bits per heavy atom. The molecule has 0 heterocycles. The summed E-state index contributed by atoms with van der Waals surface area (Å²) in [6, 6.07) is 17.3. The van der Waals surface area contributed by atoms with Gasteiger partial charge in [-0.1, -0.05) is 54.3 Å². The number of aryl methyl sites for hydroxylation is 1. The Kier molecular flexibility index (Phi) is 5.02. The summed E-state index contributed by atoms with van der Waals surface area (Å²) in [5.74, 6) is 6.12. The lowest BCUT2D eigenvalue weighted by molar-refractivity contribution is 0.607. The highest BCUT2D eigenvalue weighted by Gasteiger charge is 2.04. The third-order valence-electron chi connectivity index (χ3n) is 2.83. The van der Waals surface area contributed by atoms with Crippen molar-refractivity contribution >= 4 is 15.7 Å². The first kappa shape index (κ1) is 15.1. The van der Waals surface area contributed by atoms with E-state index in [1.165, 1.54) is 5.56 Å². The van der Waals surface area contributed by atoms with Crippen LogP contribution in [0.5, 0.6) is 0 Å². The zero-order valence-electron chi connectivity index (χ0n) is 11.8. The van der Waals surface area contributed by atoms with Crippen LogP contribution in [0.15, 0.2) is 54.6 Å². The van der Waals surface area contributed by atoms with Crippen molar-refractivity contribution < 1.29 is 8.42 Å². The van der Waals surface area contributed by atoms with Crippen molar-refractivity contribution in [1.29, 1.82) is 0 Å². The van der Waals surface area contributed by atoms with Gasteiger partial charge in [-0.25, -0.2) is 8.42 Å². The first-order valence-corrected chi connectivity index (χ1v) is 8.53. The number of hydrogen-bond acceptors (Lipinski definition) is 2. The molecule has 3 nitrogen and oxygen atoms in total. The highest BCUT2D eigenvalue weighted by atomic mass is 32.2. The fourth-order valence-corrected chi connectivity index (χ4v) is 2.47. The molecule has 0 aliphatic carbocycles. The van der Waals surface area contributed by atoms with Crippen molar-refractivity contribution in [1.82, 2.24) is 0 Å². The van der Waals surface area contributed by atoms with Gasteiger partial charge in [-0.2, -0.15) is 0 Å². The lowest BCUT2D eigenvalue weighted by Crippen LogP contribution is -2.10. The maximum absolute atomic E-state index is 11.3. The van der Waals surface area contributed by atoms with E-state index in [2.05, 4.69) is 28.7 Å². The van der Waals surface area contributed by atoms with Crippen molar-refractivity contribution in [2.24, 2.45) is 0 Å². The number of sulfonamides is 1. The van der Waals surface area contributed by atoms with Crippen molar-refractivity contribution in [2.45, 2.75) is 12.8 Å². The van der Waals surface area contributed by atoms with Crippen LogP contribution in [-0.2, 0) is 16.4 Å². The predicted molar refractivity (Wildman–Crippen MR) is 86.5 cm³/mol. The van der Waals surface area contributed by atoms with Gasteiger partial charge in [-0.3, -0.25) is 4.72 Å². The molecule has 0 aliphatic heterocycles. The van der Waals surface area contributed by atoms with Crippen LogP contribution in [0, 0.1) is 11.8 Å². The quantitative estimate of drug-likeness (QED) is 0.882. The van der Waals surface area contributed by atoms with E-state index in [0.717, 1.165) is 19.1 Å². The molecule has 2 aromatic rings. The molecular weight excluding hydrogens is 282 g/mol. The standard InChI is InChI=1S/C17H17NO2S/c1-21(19,20)18-17-14-8-7-13-16(17)12-6-5-11-15-9-3-2-4-10-15/h2-4,7-10,13-14,18H,5,11H2,1H3. The molecule has 108 valence electrons. The zero-order chi connectivity index (χ0) is 15.1. The van der Waals surface area contributed by atoms with Crippen LogP contribution in [0.25, 0.3) is 0 Å². The van der Waals surface area contributed by atoms with Gasteiger partial charge < -0.3 is 0 Å². The Morgan fingerprint density at radius 1 is 1.00 bits per heavy atom. The molecule has 0 aliphatic rings. The molecule has 4 heteroatoms. The molecule has 21 heavy (non-hydrogen) atoms. The number of benzene rings is 2. The van der Waals surface area contributed by atoms with Gasteiger partial charge in [0.1, 0.15) is 0 Å². The van der Waals surface area contributed by atoms with Crippen LogP contribution in [0.1, 0.15) is 17.5 Å². The van der Waals surface area contributed by atoms with Gasteiger partial charge in [0.05, 0.1) is 11.9 Å². The molecule has 0 spiro atoms. The minimum atomic E-state index is -3.29. The average molecular weight is 299 g/mol. The Bertz CT molecular complexity index is 756. The Hall–Kier alpha value is -2.25. The summed E-state index contributed by atoms with van der Waals surface area (Å²) in [7, 11) is -3.29. The molecule has 0 saturated carbocycles. The molecule has 0 amide bonds.